The number of hydrogen-bond acceptors (Lipinski definition) is 4. The van der Waals surface area contributed by atoms with Gasteiger partial charge < -0.3 is 9.90 Å². The third-order valence-corrected chi connectivity index (χ3v) is 4.86. The van der Waals surface area contributed by atoms with Crippen LogP contribution in [0.5, 0.6) is 0 Å². The maximum Gasteiger partial charge on any atom is 0.0716 e. The Labute approximate surface area is 148 Å². The van der Waals surface area contributed by atoms with E-state index in [0.717, 1.165) is 11.3 Å². The lowest BCUT2D eigenvalue weighted by atomic mass is 9.84. The van der Waals surface area contributed by atoms with Gasteiger partial charge in [-0.1, -0.05) is 55.7 Å². The van der Waals surface area contributed by atoms with E-state index in [1.54, 1.807) is 12.1 Å². The molecule has 2 aromatic carbocycles. The molecular weight excluding hydrogens is 312 g/mol. The highest BCUT2D eigenvalue weighted by Gasteiger charge is 2.15. The summed E-state index contributed by atoms with van der Waals surface area (Å²) in [5.74, 6) is -0.492. The number of anilines is 1. The Balaban J connectivity index is 1.67. The van der Waals surface area contributed by atoms with Crippen molar-refractivity contribution < 1.29 is 9.90 Å². The molecule has 0 amide bonds. The predicted molar refractivity (Wildman–Crippen MR) is 98.9 cm³/mol. The second-order valence-electron chi connectivity index (χ2n) is 6.63. The number of carboxylic acids is 1. The van der Waals surface area contributed by atoms with Crippen LogP contribution in [0.2, 0.25) is 0 Å². The number of benzene rings is 2. The molecule has 0 radical (unpaired) electrons. The Morgan fingerprint density at radius 3 is 2.44 bits per heavy atom. The number of carboxylic acid groups (broad SMARTS) is 1. The molecule has 3 rings (SSSR count). The molecule has 4 heteroatoms. The van der Waals surface area contributed by atoms with E-state index in [0.29, 0.717) is 11.6 Å². The molecule has 0 aromatic heterocycles. The summed E-state index contributed by atoms with van der Waals surface area (Å²) in [6, 6.07) is 15.1. The van der Waals surface area contributed by atoms with Crippen molar-refractivity contribution in [1.29, 1.82) is 0 Å². The zero-order chi connectivity index (χ0) is 17.6. The largest absolute Gasteiger partial charge is 0.545 e. The maximum absolute atomic E-state index is 10.9. The van der Waals surface area contributed by atoms with Crippen LogP contribution in [0, 0.1) is 0 Å². The zero-order valence-electron chi connectivity index (χ0n) is 14.5. The monoisotopic (exact) mass is 335 g/mol. The van der Waals surface area contributed by atoms with E-state index in [9.17, 15) is 9.90 Å². The van der Waals surface area contributed by atoms with Crippen LogP contribution in [0.3, 0.4) is 0 Å². The molecule has 4 nitrogen and oxygen atoms in total. The van der Waals surface area contributed by atoms with Crippen LogP contribution in [0.1, 0.15) is 66.4 Å². The van der Waals surface area contributed by atoms with Crippen molar-refractivity contribution in [2.75, 3.05) is 5.43 Å². The van der Waals surface area contributed by atoms with Gasteiger partial charge in [0.05, 0.1) is 17.4 Å². The predicted octanol–water partition coefficient (Wildman–Crippen LogP) is 3.93. The summed E-state index contributed by atoms with van der Waals surface area (Å²) in [5.41, 5.74) is 7.01. The van der Waals surface area contributed by atoms with Crippen LogP contribution >= 0.6 is 0 Å². The van der Waals surface area contributed by atoms with E-state index < -0.39 is 5.97 Å². The molecule has 0 aliphatic heterocycles. The minimum absolute atomic E-state index is 0.134. The first-order chi connectivity index (χ1) is 12.1. The number of carbonyl (C=O) groups is 1. The number of hydrazone groups is 1. The van der Waals surface area contributed by atoms with Gasteiger partial charge in [0.1, 0.15) is 0 Å². The van der Waals surface area contributed by atoms with Gasteiger partial charge in [0, 0.05) is 0 Å². The van der Waals surface area contributed by atoms with Crippen molar-refractivity contribution in [3.05, 3.63) is 65.2 Å². The molecule has 1 N–H and O–H groups in total. The highest BCUT2D eigenvalue weighted by atomic mass is 16.4. The van der Waals surface area contributed by atoms with Gasteiger partial charge in [0.2, 0.25) is 0 Å². The lowest BCUT2D eigenvalue weighted by molar-refractivity contribution is -0.255. The summed E-state index contributed by atoms with van der Waals surface area (Å²) < 4.78 is 0. The van der Waals surface area contributed by atoms with E-state index in [4.69, 9.17) is 0 Å². The van der Waals surface area contributed by atoms with Gasteiger partial charge in [-0.25, -0.2) is 0 Å². The molecule has 1 saturated carbocycles. The molecule has 0 heterocycles. The van der Waals surface area contributed by atoms with Gasteiger partial charge in [-0.15, -0.1) is 0 Å². The summed E-state index contributed by atoms with van der Waals surface area (Å²) in [5, 5.41) is 15.3. The van der Waals surface area contributed by atoms with Crippen LogP contribution in [-0.4, -0.2) is 11.7 Å². The molecular formula is C21H23N2O2-. The fraction of sp³-hybridized carbons (Fsp3) is 0.333. The molecule has 2 aromatic rings. The third kappa shape index (κ3) is 4.47. The lowest BCUT2D eigenvalue weighted by Gasteiger charge is -2.22. The van der Waals surface area contributed by atoms with E-state index in [-0.39, 0.29) is 5.56 Å². The van der Waals surface area contributed by atoms with Crippen LogP contribution in [0.15, 0.2) is 53.6 Å². The fourth-order valence-electron chi connectivity index (χ4n) is 3.36. The topological polar surface area (TPSA) is 64.5 Å². The van der Waals surface area contributed by atoms with Gasteiger partial charge in [0.25, 0.3) is 0 Å². The van der Waals surface area contributed by atoms with Gasteiger partial charge in [-0.3, -0.25) is 5.43 Å². The van der Waals surface area contributed by atoms with Crippen LogP contribution < -0.4 is 10.5 Å². The highest BCUT2D eigenvalue weighted by Crippen LogP contribution is 2.32. The van der Waals surface area contributed by atoms with Crippen LogP contribution in [0.4, 0.5) is 5.69 Å². The zero-order valence-corrected chi connectivity index (χ0v) is 14.5. The van der Waals surface area contributed by atoms with Crippen molar-refractivity contribution in [3.63, 3.8) is 0 Å². The van der Waals surface area contributed by atoms with Gasteiger partial charge >= 0.3 is 0 Å². The second-order valence-corrected chi connectivity index (χ2v) is 6.63. The van der Waals surface area contributed by atoms with Crippen molar-refractivity contribution in [1.82, 2.24) is 0 Å². The minimum Gasteiger partial charge on any atom is -0.545 e. The Bertz CT molecular complexity index is 760. The standard InChI is InChI=1S/C21H24N2O2/c1-15(22-23-20-9-5-8-19(14-20)21(24)25)16-10-12-18(13-11-16)17-6-3-2-4-7-17/h5,8-14,17,23H,2-4,6-7H2,1H3,(H,24,25)/p-1/b22-15-. The summed E-state index contributed by atoms with van der Waals surface area (Å²) in [4.78, 5) is 10.9. The minimum atomic E-state index is -1.19. The van der Waals surface area contributed by atoms with E-state index in [2.05, 4.69) is 34.8 Å². The van der Waals surface area contributed by atoms with E-state index in [1.807, 2.05) is 6.92 Å². The maximum atomic E-state index is 10.9. The molecule has 0 spiro atoms. The number of nitrogens with zero attached hydrogens (tertiary/aromatic N) is 1. The van der Waals surface area contributed by atoms with E-state index >= 15 is 0 Å². The molecule has 0 saturated heterocycles. The van der Waals surface area contributed by atoms with Gasteiger partial charge in [0.15, 0.2) is 0 Å². The first-order valence-electron chi connectivity index (χ1n) is 8.85. The molecule has 0 bridgehead atoms. The quantitative estimate of drug-likeness (QED) is 0.665. The summed E-state index contributed by atoms with van der Waals surface area (Å²) in [6.07, 6.45) is 6.63. The smallest absolute Gasteiger partial charge is 0.0716 e. The second kappa shape index (κ2) is 7.97. The molecule has 25 heavy (non-hydrogen) atoms. The molecule has 1 fully saturated rings. The Kier molecular flexibility index (Phi) is 5.49. The van der Waals surface area contributed by atoms with Crippen molar-refractivity contribution in [3.8, 4) is 0 Å². The Hall–Kier alpha value is -2.62. The number of hydrogen-bond donors (Lipinski definition) is 1. The molecule has 0 atom stereocenters. The lowest BCUT2D eigenvalue weighted by Crippen LogP contribution is -2.22. The van der Waals surface area contributed by atoms with Gasteiger partial charge in [-0.05, 0) is 54.5 Å². The Morgan fingerprint density at radius 1 is 1.04 bits per heavy atom. The van der Waals surface area contributed by atoms with E-state index in [1.165, 1.54) is 49.8 Å². The number of carbonyl (C=O) groups excluding carboxylic acids is 1. The average Bonchev–Trinajstić information content (AvgIpc) is 2.67. The first-order valence-corrected chi connectivity index (χ1v) is 8.85. The summed E-state index contributed by atoms with van der Waals surface area (Å²) in [6.45, 7) is 1.94. The average molecular weight is 335 g/mol. The third-order valence-electron chi connectivity index (χ3n) is 4.86. The van der Waals surface area contributed by atoms with Crippen LogP contribution in [-0.2, 0) is 0 Å². The summed E-state index contributed by atoms with van der Waals surface area (Å²) in [7, 11) is 0. The van der Waals surface area contributed by atoms with Gasteiger partial charge in [-0.2, -0.15) is 5.10 Å². The molecule has 130 valence electrons. The first kappa shape index (κ1) is 17.2. The number of nitrogens with one attached hydrogen (secondary N) is 1. The van der Waals surface area contributed by atoms with Crippen molar-refractivity contribution in [2.24, 2.45) is 5.10 Å². The van der Waals surface area contributed by atoms with Crippen LogP contribution in [0.25, 0.3) is 0 Å². The molecule has 0 unspecified atom stereocenters. The normalized spacial score (nSPS) is 15.8. The Morgan fingerprint density at radius 2 is 1.76 bits per heavy atom. The highest BCUT2D eigenvalue weighted by molar-refractivity contribution is 5.99. The molecule has 1 aliphatic carbocycles. The van der Waals surface area contributed by atoms with Crippen molar-refractivity contribution >= 4 is 17.4 Å². The number of aromatic carboxylic acids is 1. The summed E-state index contributed by atoms with van der Waals surface area (Å²) >= 11 is 0. The fourth-order valence-corrected chi connectivity index (χ4v) is 3.36. The number of rotatable bonds is 5. The molecule has 1 aliphatic rings. The SMILES string of the molecule is C/C(=N/Nc1cccc(C(=O)[O-])c1)c1ccc(C2CCCCC2)cc1. The van der Waals surface area contributed by atoms with Crippen molar-refractivity contribution in [2.45, 2.75) is 44.9 Å².